The van der Waals surface area contributed by atoms with E-state index in [9.17, 15) is 8.78 Å². The number of hydrogen-bond donors (Lipinski definition) is 1. The van der Waals surface area contributed by atoms with Crippen LogP contribution in [-0.4, -0.2) is 4.31 Å². The molecule has 0 unspecified atom stereocenters. The van der Waals surface area contributed by atoms with Gasteiger partial charge in [0.15, 0.2) is 11.7 Å². The van der Waals surface area contributed by atoms with Gasteiger partial charge in [0.05, 0.1) is 23.9 Å². The molecule has 0 amide bonds. The Balaban J connectivity index is 2.37. The van der Waals surface area contributed by atoms with Crippen molar-refractivity contribution in [1.29, 1.82) is 0 Å². The molecule has 2 aliphatic heterocycles. The van der Waals surface area contributed by atoms with E-state index in [4.69, 9.17) is 0 Å². The zero-order valence-corrected chi connectivity index (χ0v) is 6.01. The molecule has 2 rings (SSSR count). The van der Waals surface area contributed by atoms with Crippen molar-refractivity contribution in [1.82, 2.24) is 9.03 Å². The second kappa shape index (κ2) is 2.27. The van der Waals surface area contributed by atoms with Gasteiger partial charge in [0.25, 0.3) is 0 Å². The first-order chi connectivity index (χ1) is 5.27. The van der Waals surface area contributed by atoms with Gasteiger partial charge in [-0.1, -0.05) is 0 Å². The normalized spacial score (nSPS) is 21.6. The summed E-state index contributed by atoms with van der Waals surface area (Å²) in [4.78, 5) is 0. The summed E-state index contributed by atoms with van der Waals surface area (Å²) >= 11 is 1.11. The van der Waals surface area contributed by atoms with Crippen molar-refractivity contribution in [3.63, 3.8) is 0 Å². The summed E-state index contributed by atoms with van der Waals surface area (Å²) in [6.45, 7) is 0. The van der Waals surface area contributed by atoms with Crippen LogP contribution in [-0.2, 0) is 0 Å². The Kier molecular flexibility index (Phi) is 1.38. The molecule has 0 aromatic carbocycles. The molecule has 5 heteroatoms. The van der Waals surface area contributed by atoms with Crippen LogP contribution in [0.3, 0.4) is 0 Å². The molecule has 0 aromatic rings. The fraction of sp³-hybridized carbons (Fsp3) is 0. The maximum atomic E-state index is 12.4. The molecule has 11 heavy (non-hydrogen) atoms. The van der Waals surface area contributed by atoms with Gasteiger partial charge in [-0.15, -0.1) is 0 Å². The standard InChI is InChI=1S/C6H2F2N2S/c7-5-1-4-2-9-11-10(4)3-6(5)8/h2,9H. The molecule has 2 nitrogen and oxygen atoms in total. The molecular weight excluding hydrogens is 170 g/mol. The molecule has 0 saturated heterocycles. The second-order valence-corrected chi connectivity index (χ2v) is 2.68. The van der Waals surface area contributed by atoms with E-state index in [-0.39, 0.29) is 0 Å². The fourth-order valence-electron chi connectivity index (χ4n) is 0.718. The minimum Gasteiger partial charge on any atom is -0.316 e. The van der Waals surface area contributed by atoms with Crippen molar-refractivity contribution in [2.45, 2.75) is 0 Å². The highest BCUT2D eigenvalue weighted by atomic mass is 32.2. The SMILES string of the molecule is FC1=[C]C2=CNSN2[C]=C1F. The van der Waals surface area contributed by atoms with Gasteiger partial charge in [0, 0.05) is 6.20 Å². The molecule has 0 aromatic heterocycles. The first kappa shape index (κ1) is 6.72. The van der Waals surface area contributed by atoms with Crippen LogP contribution in [0, 0.1) is 12.3 Å². The van der Waals surface area contributed by atoms with Crippen molar-refractivity contribution in [2.75, 3.05) is 0 Å². The number of rotatable bonds is 0. The largest absolute Gasteiger partial charge is 0.316 e. The summed E-state index contributed by atoms with van der Waals surface area (Å²) in [5, 5.41) is 0. The van der Waals surface area contributed by atoms with Crippen molar-refractivity contribution in [3.8, 4) is 0 Å². The van der Waals surface area contributed by atoms with Crippen molar-refractivity contribution >= 4 is 12.1 Å². The summed E-state index contributed by atoms with van der Waals surface area (Å²) in [6, 6.07) is 0. The lowest BCUT2D eigenvalue weighted by Crippen LogP contribution is -2.08. The molecule has 0 spiro atoms. The van der Waals surface area contributed by atoms with Crippen molar-refractivity contribution < 1.29 is 8.78 Å². The molecule has 0 fully saturated rings. The Morgan fingerprint density at radius 2 is 2.27 bits per heavy atom. The average molecular weight is 172 g/mol. The van der Waals surface area contributed by atoms with E-state index in [0.717, 1.165) is 12.1 Å². The highest BCUT2D eigenvalue weighted by Gasteiger charge is 2.22. The average Bonchev–Trinajstić information content (AvgIpc) is 2.36. The van der Waals surface area contributed by atoms with Gasteiger partial charge in [-0.2, -0.15) is 0 Å². The Bertz CT molecular complexity index is 282. The lowest BCUT2D eigenvalue weighted by Gasteiger charge is -2.13. The number of nitrogens with one attached hydrogen (secondary N) is 1. The second-order valence-electron chi connectivity index (χ2n) is 1.90. The van der Waals surface area contributed by atoms with Gasteiger partial charge in [0.1, 0.15) is 6.20 Å². The third kappa shape index (κ3) is 1.01. The van der Waals surface area contributed by atoms with Gasteiger partial charge in [0.2, 0.25) is 0 Å². The number of nitrogens with zero attached hydrogens (tertiary/aromatic N) is 1. The summed E-state index contributed by atoms with van der Waals surface area (Å²) in [5.74, 6) is -2.02. The van der Waals surface area contributed by atoms with Crippen LogP contribution in [0.15, 0.2) is 23.6 Å². The summed E-state index contributed by atoms with van der Waals surface area (Å²) < 4.78 is 28.9. The number of fused-ring (bicyclic) bond motifs is 1. The van der Waals surface area contributed by atoms with E-state index < -0.39 is 11.7 Å². The quantitative estimate of drug-likeness (QED) is 0.558. The smallest absolute Gasteiger partial charge is 0.186 e. The molecule has 2 heterocycles. The summed E-state index contributed by atoms with van der Waals surface area (Å²) in [6.07, 6.45) is 5.89. The highest BCUT2D eigenvalue weighted by molar-refractivity contribution is 7.95. The maximum Gasteiger partial charge on any atom is 0.186 e. The van der Waals surface area contributed by atoms with Crippen LogP contribution in [0.25, 0.3) is 0 Å². The Hall–Kier alpha value is -0.970. The number of hydrogen-bond acceptors (Lipinski definition) is 3. The molecule has 56 valence electrons. The summed E-state index contributed by atoms with van der Waals surface area (Å²) in [5.41, 5.74) is 0.439. The molecule has 0 bridgehead atoms. The van der Waals surface area contributed by atoms with Crippen LogP contribution < -0.4 is 4.72 Å². The predicted octanol–water partition coefficient (Wildman–Crippen LogP) is 1.58. The minimum absolute atomic E-state index is 0.439. The number of allylic oxidation sites excluding steroid dienone is 3. The molecule has 0 aliphatic carbocycles. The minimum atomic E-state index is -1.02. The van der Waals surface area contributed by atoms with E-state index in [1.807, 2.05) is 0 Å². The van der Waals surface area contributed by atoms with Gasteiger partial charge < -0.3 is 4.72 Å². The van der Waals surface area contributed by atoms with Crippen LogP contribution in [0.4, 0.5) is 8.78 Å². The molecule has 0 saturated carbocycles. The third-order valence-electron chi connectivity index (χ3n) is 1.19. The first-order valence-corrected chi connectivity index (χ1v) is 3.56. The molecule has 1 N–H and O–H groups in total. The predicted molar refractivity (Wildman–Crippen MR) is 36.4 cm³/mol. The van der Waals surface area contributed by atoms with Gasteiger partial charge in [-0.25, -0.2) is 8.78 Å². The van der Waals surface area contributed by atoms with Gasteiger partial charge in [-0.3, -0.25) is 4.31 Å². The number of halogens is 2. The molecule has 0 atom stereocenters. The Labute approximate surface area is 66.5 Å². The zero-order valence-electron chi connectivity index (χ0n) is 5.19. The van der Waals surface area contributed by atoms with Crippen LogP contribution in [0.1, 0.15) is 0 Å². The Morgan fingerprint density at radius 1 is 1.45 bits per heavy atom. The maximum absolute atomic E-state index is 12.4. The van der Waals surface area contributed by atoms with E-state index in [1.165, 1.54) is 10.5 Å². The lowest BCUT2D eigenvalue weighted by atomic mass is 10.3. The van der Waals surface area contributed by atoms with E-state index >= 15 is 0 Å². The van der Waals surface area contributed by atoms with Gasteiger partial charge in [-0.05, 0) is 0 Å². The van der Waals surface area contributed by atoms with Crippen LogP contribution in [0.5, 0.6) is 0 Å². The van der Waals surface area contributed by atoms with E-state index in [0.29, 0.717) is 5.70 Å². The third-order valence-corrected chi connectivity index (χ3v) is 1.88. The zero-order chi connectivity index (χ0) is 7.84. The van der Waals surface area contributed by atoms with Crippen molar-refractivity contribution in [3.05, 3.63) is 35.8 Å². The first-order valence-electron chi connectivity index (χ1n) is 2.79. The fourth-order valence-corrected chi connectivity index (χ4v) is 1.31. The molecule has 2 radical (unpaired) electrons. The van der Waals surface area contributed by atoms with E-state index in [2.05, 4.69) is 17.0 Å². The molecule has 2 aliphatic rings. The van der Waals surface area contributed by atoms with E-state index in [1.54, 1.807) is 0 Å². The van der Waals surface area contributed by atoms with Crippen LogP contribution >= 0.6 is 12.1 Å². The topological polar surface area (TPSA) is 15.3 Å². The summed E-state index contributed by atoms with van der Waals surface area (Å²) in [7, 11) is 0. The van der Waals surface area contributed by atoms with Gasteiger partial charge >= 0.3 is 0 Å². The Morgan fingerprint density at radius 3 is 3.09 bits per heavy atom. The van der Waals surface area contributed by atoms with Crippen LogP contribution in [0.2, 0.25) is 0 Å². The van der Waals surface area contributed by atoms with Crippen molar-refractivity contribution in [2.24, 2.45) is 0 Å². The monoisotopic (exact) mass is 172 g/mol. The molecular formula is C6H2F2N2S. The lowest BCUT2D eigenvalue weighted by molar-refractivity contribution is 0.505. The highest BCUT2D eigenvalue weighted by Crippen LogP contribution is 2.30.